The van der Waals surface area contributed by atoms with Crippen LogP contribution < -0.4 is 10.9 Å². The van der Waals surface area contributed by atoms with Crippen LogP contribution in [0.1, 0.15) is 30.3 Å². The fraction of sp³-hybridized carbons (Fsp3) is 0.294. The fourth-order valence-corrected chi connectivity index (χ4v) is 2.91. The quantitative estimate of drug-likeness (QED) is 0.801. The van der Waals surface area contributed by atoms with Crippen molar-refractivity contribution in [3.05, 3.63) is 48.5 Å². The number of carbonyl (C=O) groups excluding carboxylic acids is 3. The smallest absolute Gasteiger partial charge is 0.273 e. The third kappa shape index (κ3) is 3.52. The predicted octanol–water partition coefficient (Wildman–Crippen LogP) is 0.644. The van der Waals surface area contributed by atoms with Crippen molar-refractivity contribution in [2.24, 2.45) is 0 Å². The topological polar surface area (TPSA) is 96.3 Å². The molecule has 0 aliphatic carbocycles. The van der Waals surface area contributed by atoms with Crippen molar-refractivity contribution in [1.82, 2.24) is 25.3 Å². The van der Waals surface area contributed by atoms with Crippen LogP contribution in [0.2, 0.25) is 0 Å². The van der Waals surface area contributed by atoms with Crippen molar-refractivity contribution in [2.45, 2.75) is 25.8 Å². The van der Waals surface area contributed by atoms with E-state index in [1.54, 1.807) is 10.9 Å². The summed E-state index contributed by atoms with van der Waals surface area (Å²) >= 11 is 0. The van der Waals surface area contributed by atoms with Gasteiger partial charge >= 0.3 is 0 Å². The van der Waals surface area contributed by atoms with Crippen molar-refractivity contribution < 1.29 is 14.4 Å². The first-order valence-electron chi connectivity index (χ1n) is 8.03. The lowest BCUT2D eigenvalue weighted by atomic mass is 10.2. The number of hydrogen-bond donors (Lipinski definition) is 2. The summed E-state index contributed by atoms with van der Waals surface area (Å²) in [6.07, 6.45) is 4.35. The number of likely N-dealkylation sites (tertiary alicyclic amines) is 1. The van der Waals surface area contributed by atoms with Gasteiger partial charge in [-0.3, -0.25) is 29.8 Å². The normalized spacial score (nSPS) is 16.5. The maximum Gasteiger partial charge on any atom is 0.273 e. The fourth-order valence-electron chi connectivity index (χ4n) is 2.91. The van der Waals surface area contributed by atoms with Crippen molar-refractivity contribution in [1.29, 1.82) is 0 Å². The zero-order valence-electron chi connectivity index (χ0n) is 13.8. The van der Waals surface area contributed by atoms with Gasteiger partial charge in [0.1, 0.15) is 11.7 Å². The van der Waals surface area contributed by atoms with Crippen LogP contribution in [0.15, 0.2) is 42.9 Å². The zero-order valence-corrected chi connectivity index (χ0v) is 13.8. The van der Waals surface area contributed by atoms with E-state index in [9.17, 15) is 14.4 Å². The summed E-state index contributed by atoms with van der Waals surface area (Å²) < 4.78 is 1.70. The molecule has 1 saturated heterocycles. The first-order valence-corrected chi connectivity index (χ1v) is 8.03. The van der Waals surface area contributed by atoms with E-state index in [1.807, 2.05) is 30.3 Å². The Morgan fingerprint density at radius 1 is 1.16 bits per heavy atom. The molecule has 1 aromatic heterocycles. The van der Waals surface area contributed by atoms with Gasteiger partial charge in [0, 0.05) is 19.2 Å². The second-order valence-corrected chi connectivity index (χ2v) is 5.81. The Morgan fingerprint density at radius 2 is 1.92 bits per heavy atom. The third-order valence-electron chi connectivity index (χ3n) is 4.07. The number of carbonyl (C=O) groups is 3. The Morgan fingerprint density at radius 3 is 2.64 bits per heavy atom. The second-order valence-electron chi connectivity index (χ2n) is 5.81. The molecule has 0 spiro atoms. The molecule has 2 heterocycles. The van der Waals surface area contributed by atoms with E-state index in [1.165, 1.54) is 18.0 Å². The molecule has 25 heavy (non-hydrogen) atoms. The molecule has 1 unspecified atom stereocenters. The van der Waals surface area contributed by atoms with Gasteiger partial charge in [-0.25, -0.2) is 4.98 Å². The Kier molecular flexibility index (Phi) is 4.78. The Hall–Kier alpha value is -3.16. The van der Waals surface area contributed by atoms with Gasteiger partial charge in [-0.15, -0.1) is 0 Å². The van der Waals surface area contributed by atoms with Gasteiger partial charge in [-0.05, 0) is 25.0 Å². The molecule has 8 nitrogen and oxygen atoms in total. The predicted molar refractivity (Wildman–Crippen MR) is 89.6 cm³/mol. The summed E-state index contributed by atoms with van der Waals surface area (Å²) in [5, 5.41) is 0. The van der Waals surface area contributed by atoms with E-state index in [0.29, 0.717) is 18.7 Å². The Bertz CT molecular complexity index is 787. The number of amides is 3. The van der Waals surface area contributed by atoms with E-state index in [-0.39, 0.29) is 11.8 Å². The third-order valence-corrected chi connectivity index (χ3v) is 4.07. The molecular weight excluding hydrogens is 322 g/mol. The molecule has 1 aliphatic heterocycles. The molecular formula is C17H19N5O3. The number of aromatic nitrogens is 2. The highest BCUT2D eigenvalue weighted by Gasteiger charge is 2.35. The SMILES string of the molecule is CC(=O)NNC(=O)C1CCCN1C(=O)c1cncn1-c1ccccc1. The van der Waals surface area contributed by atoms with E-state index < -0.39 is 11.9 Å². The molecule has 8 heteroatoms. The van der Waals surface area contributed by atoms with Crippen LogP contribution in [0.5, 0.6) is 0 Å². The standard InChI is InChI=1S/C17H19N5O3/c1-12(23)19-20-16(24)14-8-5-9-21(14)17(25)15-10-18-11-22(15)13-6-3-2-4-7-13/h2-4,6-7,10-11,14H,5,8-9H2,1H3,(H,19,23)(H,20,24). The van der Waals surface area contributed by atoms with Crippen molar-refractivity contribution >= 4 is 17.7 Å². The molecule has 1 aliphatic rings. The summed E-state index contributed by atoms with van der Waals surface area (Å²) in [5.41, 5.74) is 5.82. The van der Waals surface area contributed by atoms with Crippen LogP contribution in [-0.4, -0.2) is 44.8 Å². The van der Waals surface area contributed by atoms with Gasteiger partial charge in [-0.1, -0.05) is 18.2 Å². The molecule has 3 amide bonds. The second kappa shape index (κ2) is 7.16. The maximum atomic E-state index is 13.0. The molecule has 130 valence electrons. The van der Waals surface area contributed by atoms with Crippen molar-refractivity contribution in [3.8, 4) is 5.69 Å². The average Bonchev–Trinajstić information content (AvgIpc) is 3.29. The lowest BCUT2D eigenvalue weighted by molar-refractivity contribution is -0.130. The van der Waals surface area contributed by atoms with Crippen LogP contribution in [-0.2, 0) is 9.59 Å². The number of benzene rings is 1. The van der Waals surface area contributed by atoms with Gasteiger partial charge < -0.3 is 4.90 Å². The first-order chi connectivity index (χ1) is 12.1. The summed E-state index contributed by atoms with van der Waals surface area (Å²) in [7, 11) is 0. The largest absolute Gasteiger partial charge is 0.325 e. The van der Waals surface area contributed by atoms with Crippen LogP contribution >= 0.6 is 0 Å². The summed E-state index contributed by atoms with van der Waals surface area (Å²) in [5.74, 6) is -1.03. The molecule has 0 bridgehead atoms. The van der Waals surface area contributed by atoms with Crippen LogP contribution in [0.4, 0.5) is 0 Å². The van der Waals surface area contributed by atoms with Gasteiger partial charge in [0.2, 0.25) is 5.91 Å². The number of nitrogens with one attached hydrogen (secondary N) is 2. The van der Waals surface area contributed by atoms with Gasteiger partial charge in [0.15, 0.2) is 0 Å². The molecule has 1 atom stereocenters. The van der Waals surface area contributed by atoms with Gasteiger partial charge in [-0.2, -0.15) is 0 Å². The number of hydrogen-bond acceptors (Lipinski definition) is 4. The van der Waals surface area contributed by atoms with Crippen LogP contribution in [0.25, 0.3) is 5.69 Å². The van der Waals surface area contributed by atoms with Crippen molar-refractivity contribution in [2.75, 3.05) is 6.54 Å². The molecule has 1 fully saturated rings. The number of para-hydroxylation sites is 1. The zero-order chi connectivity index (χ0) is 17.8. The lowest BCUT2D eigenvalue weighted by Gasteiger charge is -2.24. The molecule has 3 rings (SSSR count). The maximum absolute atomic E-state index is 13.0. The van der Waals surface area contributed by atoms with E-state index >= 15 is 0 Å². The van der Waals surface area contributed by atoms with E-state index in [4.69, 9.17) is 0 Å². The van der Waals surface area contributed by atoms with E-state index in [0.717, 1.165) is 12.1 Å². The van der Waals surface area contributed by atoms with Crippen LogP contribution in [0, 0.1) is 0 Å². The highest BCUT2D eigenvalue weighted by atomic mass is 16.2. The lowest BCUT2D eigenvalue weighted by Crippen LogP contribution is -2.51. The highest BCUT2D eigenvalue weighted by molar-refractivity contribution is 5.97. The average molecular weight is 341 g/mol. The molecule has 0 saturated carbocycles. The minimum absolute atomic E-state index is 0.262. The Balaban J connectivity index is 1.80. The summed E-state index contributed by atoms with van der Waals surface area (Å²) in [4.78, 5) is 41.7. The number of hydrazine groups is 1. The van der Waals surface area contributed by atoms with Gasteiger partial charge in [0.25, 0.3) is 11.8 Å². The van der Waals surface area contributed by atoms with Gasteiger partial charge in [0.05, 0.1) is 12.5 Å². The summed E-state index contributed by atoms with van der Waals surface area (Å²) in [6.45, 7) is 1.78. The molecule has 2 aromatic rings. The minimum Gasteiger partial charge on any atom is -0.325 e. The molecule has 1 aromatic carbocycles. The monoisotopic (exact) mass is 341 g/mol. The first kappa shape index (κ1) is 16.7. The van der Waals surface area contributed by atoms with Crippen LogP contribution in [0.3, 0.4) is 0 Å². The number of imidazole rings is 1. The molecule has 0 radical (unpaired) electrons. The highest BCUT2D eigenvalue weighted by Crippen LogP contribution is 2.21. The molecule has 2 N–H and O–H groups in total. The summed E-state index contributed by atoms with van der Waals surface area (Å²) in [6, 6.07) is 8.79. The van der Waals surface area contributed by atoms with E-state index in [2.05, 4.69) is 15.8 Å². The van der Waals surface area contributed by atoms with Crippen molar-refractivity contribution in [3.63, 3.8) is 0 Å². The Labute approximate surface area is 144 Å². The minimum atomic E-state index is -0.613. The number of nitrogens with zero attached hydrogens (tertiary/aromatic N) is 3. The number of rotatable bonds is 3.